The van der Waals surface area contributed by atoms with E-state index in [0.29, 0.717) is 6.54 Å². The third-order valence-corrected chi connectivity index (χ3v) is 3.11. The summed E-state index contributed by atoms with van der Waals surface area (Å²) in [7, 11) is 0. The lowest BCUT2D eigenvalue weighted by Gasteiger charge is -2.12. The first-order chi connectivity index (χ1) is 7.14. The van der Waals surface area contributed by atoms with Gasteiger partial charge in [-0.1, -0.05) is 30.7 Å². The number of nitrogens with one attached hydrogen (secondary N) is 1. The number of rotatable bonds is 5. The van der Waals surface area contributed by atoms with Crippen molar-refractivity contribution in [1.82, 2.24) is 5.32 Å². The SMILES string of the molecule is C/C=C\C=C(/C)CNC(=O)C1(CC)CC1. The highest BCUT2D eigenvalue weighted by Gasteiger charge is 2.47. The van der Waals surface area contributed by atoms with Crippen LogP contribution in [0.25, 0.3) is 0 Å². The topological polar surface area (TPSA) is 29.1 Å². The van der Waals surface area contributed by atoms with E-state index in [1.807, 2.05) is 32.1 Å². The molecule has 1 saturated carbocycles. The van der Waals surface area contributed by atoms with Gasteiger partial charge in [0.15, 0.2) is 0 Å². The second-order valence-corrected chi connectivity index (χ2v) is 4.36. The van der Waals surface area contributed by atoms with Gasteiger partial charge in [0.1, 0.15) is 0 Å². The summed E-state index contributed by atoms with van der Waals surface area (Å²) in [5.41, 5.74) is 1.18. The van der Waals surface area contributed by atoms with Crippen LogP contribution in [-0.4, -0.2) is 12.5 Å². The molecule has 0 aromatic carbocycles. The van der Waals surface area contributed by atoms with Gasteiger partial charge in [0.2, 0.25) is 5.91 Å². The van der Waals surface area contributed by atoms with E-state index in [2.05, 4.69) is 12.2 Å². The van der Waals surface area contributed by atoms with Gasteiger partial charge in [-0.25, -0.2) is 0 Å². The zero-order chi connectivity index (χ0) is 11.3. The van der Waals surface area contributed by atoms with Crippen molar-refractivity contribution in [3.63, 3.8) is 0 Å². The lowest BCUT2D eigenvalue weighted by molar-refractivity contribution is -0.126. The molecule has 0 atom stereocenters. The van der Waals surface area contributed by atoms with E-state index in [1.54, 1.807) is 0 Å². The van der Waals surface area contributed by atoms with Crippen LogP contribution in [0.3, 0.4) is 0 Å². The minimum absolute atomic E-state index is 0.0130. The molecule has 15 heavy (non-hydrogen) atoms. The fourth-order valence-corrected chi connectivity index (χ4v) is 1.62. The van der Waals surface area contributed by atoms with Crippen LogP contribution < -0.4 is 5.32 Å². The van der Waals surface area contributed by atoms with E-state index in [4.69, 9.17) is 0 Å². The Hall–Kier alpha value is -1.05. The van der Waals surface area contributed by atoms with Crippen LogP contribution in [0.4, 0.5) is 0 Å². The summed E-state index contributed by atoms with van der Waals surface area (Å²) >= 11 is 0. The van der Waals surface area contributed by atoms with E-state index in [1.165, 1.54) is 5.57 Å². The second-order valence-electron chi connectivity index (χ2n) is 4.36. The van der Waals surface area contributed by atoms with Gasteiger partial charge in [-0.2, -0.15) is 0 Å². The van der Waals surface area contributed by atoms with Gasteiger partial charge in [0.05, 0.1) is 0 Å². The molecule has 0 unspecified atom stereocenters. The summed E-state index contributed by atoms with van der Waals surface area (Å²) < 4.78 is 0. The summed E-state index contributed by atoms with van der Waals surface area (Å²) in [5, 5.41) is 3.00. The van der Waals surface area contributed by atoms with Crippen LogP contribution in [0.5, 0.6) is 0 Å². The van der Waals surface area contributed by atoms with Crippen molar-refractivity contribution in [1.29, 1.82) is 0 Å². The molecule has 0 spiro atoms. The first kappa shape index (κ1) is 12.0. The molecule has 0 aromatic heterocycles. The predicted molar refractivity (Wildman–Crippen MR) is 63.5 cm³/mol. The van der Waals surface area contributed by atoms with Crippen molar-refractivity contribution >= 4 is 5.91 Å². The van der Waals surface area contributed by atoms with Crippen LogP contribution in [0.15, 0.2) is 23.8 Å². The Kier molecular flexibility index (Phi) is 4.13. The van der Waals surface area contributed by atoms with Crippen molar-refractivity contribution < 1.29 is 4.79 Å². The highest BCUT2D eigenvalue weighted by Crippen LogP contribution is 2.48. The zero-order valence-corrected chi connectivity index (χ0v) is 9.97. The minimum atomic E-state index is -0.0130. The molecular formula is C13H21NO. The molecule has 1 fully saturated rings. The maximum Gasteiger partial charge on any atom is 0.226 e. The van der Waals surface area contributed by atoms with Gasteiger partial charge in [0, 0.05) is 12.0 Å². The molecule has 84 valence electrons. The van der Waals surface area contributed by atoms with E-state index in [9.17, 15) is 4.79 Å². The first-order valence-electron chi connectivity index (χ1n) is 5.71. The van der Waals surface area contributed by atoms with Gasteiger partial charge in [-0.05, 0) is 33.1 Å². The Morgan fingerprint density at radius 2 is 2.13 bits per heavy atom. The molecule has 1 rings (SSSR count). The summed E-state index contributed by atoms with van der Waals surface area (Å²) in [4.78, 5) is 11.8. The van der Waals surface area contributed by atoms with Gasteiger partial charge >= 0.3 is 0 Å². The number of carbonyl (C=O) groups is 1. The molecule has 0 aliphatic heterocycles. The average molecular weight is 207 g/mol. The molecule has 0 saturated heterocycles. The molecule has 0 aromatic rings. The highest BCUT2D eigenvalue weighted by molar-refractivity contribution is 5.85. The minimum Gasteiger partial charge on any atom is -0.352 e. The Labute approximate surface area is 92.4 Å². The van der Waals surface area contributed by atoms with Crippen LogP contribution in [0, 0.1) is 5.41 Å². The third-order valence-electron chi connectivity index (χ3n) is 3.11. The monoisotopic (exact) mass is 207 g/mol. The average Bonchev–Trinajstić information content (AvgIpc) is 3.03. The fourth-order valence-electron chi connectivity index (χ4n) is 1.62. The van der Waals surface area contributed by atoms with Crippen LogP contribution in [0.1, 0.15) is 40.0 Å². The molecule has 2 nitrogen and oxygen atoms in total. The van der Waals surface area contributed by atoms with Crippen LogP contribution >= 0.6 is 0 Å². The fraction of sp³-hybridized carbons (Fsp3) is 0.615. The normalized spacial score (nSPS) is 19.3. The van der Waals surface area contributed by atoms with Gasteiger partial charge < -0.3 is 5.32 Å². The number of carbonyl (C=O) groups excluding carboxylic acids is 1. The zero-order valence-electron chi connectivity index (χ0n) is 9.97. The molecule has 1 amide bonds. The van der Waals surface area contributed by atoms with Gasteiger partial charge in [-0.15, -0.1) is 0 Å². The first-order valence-corrected chi connectivity index (χ1v) is 5.71. The Bertz CT molecular complexity index is 285. The van der Waals surface area contributed by atoms with Crippen molar-refractivity contribution in [2.24, 2.45) is 5.41 Å². The van der Waals surface area contributed by atoms with E-state index in [-0.39, 0.29) is 11.3 Å². The summed E-state index contributed by atoms with van der Waals surface area (Å²) in [6.07, 6.45) is 9.11. The molecule has 0 heterocycles. The van der Waals surface area contributed by atoms with Crippen molar-refractivity contribution in [2.75, 3.05) is 6.54 Å². The molecule has 0 bridgehead atoms. The Morgan fingerprint density at radius 3 is 2.60 bits per heavy atom. The third kappa shape index (κ3) is 3.22. The maximum absolute atomic E-state index is 11.8. The van der Waals surface area contributed by atoms with E-state index >= 15 is 0 Å². The molecule has 0 radical (unpaired) electrons. The highest BCUT2D eigenvalue weighted by atomic mass is 16.2. The Balaban J connectivity index is 2.34. The van der Waals surface area contributed by atoms with Crippen molar-refractivity contribution in [2.45, 2.75) is 40.0 Å². The summed E-state index contributed by atoms with van der Waals surface area (Å²) in [6.45, 7) is 6.78. The standard InChI is InChI=1S/C13H21NO/c1-4-6-7-11(3)10-14-12(15)13(5-2)8-9-13/h4,6-7H,5,8-10H2,1-3H3,(H,14,15)/b6-4-,11-7+. The molecular weight excluding hydrogens is 186 g/mol. The molecule has 1 aliphatic carbocycles. The summed E-state index contributed by atoms with van der Waals surface area (Å²) in [5.74, 6) is 0.234. The smallest absolute Gasteiger partial charge is 0.226 e. The lowest BCUT2D eigenvalue weighted by Crippen LogP contribution is -2.32. The van der Waals surface area contributed by atoms with Gasteiger partial charge in [-0.3, -0.25) is 4.79 Å². The van der Waals surface area contributed by atoms with E-state index in [0.717, 1.165) is 19.3 Å². The quantitative estimate of drug-likeness (QED) is 0.690. The predicted octanol–water partition coefficient (Wildman–Crippen LogP) is 2.82. The molecule has 1 N–H and O–H groups in total. The molecule has 1 aliphatic rings. The largest absolute Gasteiger partial charge is 0.352 e. The summed E-state index contributed by atoms with van der Waals surface area (Å²) in [6, 6.07) is 0. The van der Waals surface area contributed by atoms with Crippen LogP contribution in [0.2, 0.25) is 0 Å². The maximum atomic E-state index is 11.8. The van der Waals surface area contributed by atoms with Gasteiger partial charge in [0.25, 0.3) is 0 Å². The number of allylic oxidation sites excluding steroid dienone is 3. The van der Waals surface area contributed by atoms with Crippen LogP contribution in [-0.2, 0) is 4.79 Å². The van der Waals surface area contributed by atoms with Crippen molar-refractivity contribution in [3.8, 4) is 0 Å². The Morgan fingerprint density at radius 1 is 1.47 bits per heavy atom. The van der Waals surface area contributed by atoms with Crippen molar-refractivity contribution in [3.05, 3.63) is 23.8 Å². The number of hydrogen-bond acceptors (Lipinski definition) is 1. The lowest BCUT2D eigenvalue weighted by atomic mass is 10.0. The molecule has 2 heteroatoms. The number of amides is 1. The number of hydrogen-bond donors (Lipinski definition) is 1. The second kappa shape index (κ2) is 5.15. The van der Waals surface area contributed by atoms with E-state index < -0.39 is 0 Å².